The van der Waals surface area contributed by atoms with Gasteiger partial charge in [-0.2, -0.15) is 9.97 Å². The van der Waals surface area contributed by atoms with Crippen LogP contribution < -0.4 is 19.9 Å². The first kappa shape index (κ1) is 26.9. The molecule has 4 aliphatic heterocycles. The zero-order valence-corrected chi connectivity index (χ0v) is 25.5. The Labute approximate surface area is 254 Å². The molecule has 8 rings (SSSR count). The maximum atomic E-state index is 13.8. The molecule has 1 aromatic heterocycles. The van der Waals surface area contributed by atoms with E-state index in [0.717, 1.165) is 84.4 Å². The monoisotopic (exact) mass is 636 g/mol. The van der Waals surface area contributed by atoms with Crippen molar-refractivity contribution < 1.29 is 14.2 Å². The van der Waals surface area contributed by atoms with Gasteiger partial charge in [0.1, 0.15) is 17.7 Å². The van der Waals surface area contributed by atoms with Gasteiger partial charge in [-0.15, -0.1) is 0 Å². The second kappa shape index (κ2) is 10.5. The predicted molar refractivity (Wildman–Crippen MR) is 165 cm³/mol. The number of alkyl halides is 1. The number of likely N-dealkylation sites (tertiary alicyclic amines) is 1. The molecule has 2 aromatic carbocycles. The molecule has 0 amide bonds. The van der Waals surface area contributed by atoms with Crippen molar-refractivity contribution in [1.82, 2.24) is 20.2 Å². The Kier molecular flexibility index (Phi) is 6.72. The summed E-state index contributed by atoms with van der Waals surface area (Å²) < 4.78 is 21.3. The summed E-state index contributed by atoms with van der Waals surface area (Å²) in [7, 11) is 0. The highest BCUT2D eigenvalue weighted by molar-refractivity contribution is 9.10. The summed E-state index contributed by atoms with van der Waals surface area (Å²) in [4.78, 5) is 17.1. The number of halogens is 2. The maximum Gasteiger partial charge on any atom is 0.318 e. The molecular weight excluding hydrogens is 599 g/mol. The smallest absolute Gasteiger partial charge is 0.318 e. The van der Waals surface area contributed by atoms with Crippen LogP contribution in [0.3, 0.4) is 0 Å². The number of hydrogen-bond acceptors (Lipinski definition) is 8. The minimum atomic E-state index is -0.699. The van der Waals surface area contributed by atoms with Crippen molar-refractivity contribution in [2.45, 2.75) is 63.3 Å². The number of hydrogen-bond donors (Lipinski definition) is 2. The Morgan fingerprint density at radius 1 is 1.05 bits per heavy atom. The van der Waals surface area contributed by atoms with Crippen LogP contribution in [0.5, 0.6) is 11.8 Å². The molecule has 2 bridgehead atoms. The molecule has 3 saturated heterocycles. The fraction of sp³-hybridized carbons (Fsp3) is 0.562. The molecule has 5 aliphatic rings. The highest BCUT2D eigenvalue weighted by Gasteiger charge is 2.46. The minimum Gasteiger partial charge on any atom is -0.508 e. The molecule has 1 saturated carbocycles. The molecule has 1 aliphatic carbocycles. The lowest BCUT2D eigenvalue weighted by molar-refractivity contribution is 0.164. The van der Waals surface area contributed by atoms with Gasteiger partial charge in [-0.3, -0.25) is 4.90 Å². The Hall–Kier alpha value is -2.69. The van der Waals surface area contributed by atoms with Crippen molar-refractivity contribution in [2.75, 3.05) is 55.7 Å². The van der Waals surface area contributed by atoms with Gasteiger partial charge in [-0.05, 0) is 56.0 Å². The molecule has 4 fully saturated rings. The van der Waals surface area contributed by atoms with Gasteiger partial charge in [0.05, 0.1) is 18.8 Å². The van der Waals surface area contributed by atoms with Crippen LogP contribution in [0.2, 0.25) is 0 Å². The Morgan fingerprint density at radius 2 is 1.88 bits per heavy atom. The van der Waals surface area contributed by atoms with Crippen molar-refractivity contribution in [3.05, 3.63) is 46.1 Å². The first-order chi connectivity index (χ1) is 20.4. The fourth-order valence-corrected chi connectivity index (χ4v) is 8.21. The number of benzene rings is 2. The molecule has 222 valence electrons. The summed E-state index contributed by atoms with van der Waals surface area (Å²) in [6.45, 7) is 6.19. The average molecular weight is 638 g/mol. The Bertz CT molecular complexity index is 1510. The summed E-state index contributed by atoms with van der Waals surface area (Å²) in [5.41, 5.74) is 3.30. The fourth-order valence-electron chi connectivity index (χ4n) is 7.63. The minimum absolute atomic E-state index is 0.0798. The van der Waals surface area contributed by atoms with Crippen molar-refractivity contribution >= 4 is 38.2 Å². The average Bonchev–Trinajstić information content (AvgIpc) is 3.50. The number of anilines is 2. The van der Waals surface area contributed by atoms with E-state index in [1.807, 2.05) is 24.3 Å². The van der Waals surface area contributed by atoms with Crippen LogP contribution in [-0.4, -0.2) is 84.1 Å². The van der Waals surface area contributed by atoms with E-state index >= 15 is 0 Å². The quantitative estimate of drug-likeness (QED) is 0.383. The molecular formula is C32H38BrFN6O2. The largest absolute Gasteiger partial charge is 0.508 e. The van der Waals surface area contributed by atoms with Crippen molar-refractivity contribution in [2.24, 2.45) is 5.41 Å². The molecule has 3 aromatic rings. The van der Waals surface area contributed by atoms with Gasteiger partial charge in [0, 0.05) is 83.9 Å². The number of fused-ring (bicyclic) bond motifs is 4. The summed E-state index contributed by atoms with van der Waals surface area (Å²) in [6, 6.07) is 11.2. The van der Waals surface area contributed by atoms with Gasteiger partial charge in [0.15, 0.2) is 0 Å². The molecule has 3 atom stereocenters. The maximum absolute atomic E-state index is 13.8. The van der Waals surface area contributed by atoms with E-state index in [9.17, 15) is 9.50 Å². The highest BCUT2D eigenvalue weighted by atomic mass is 79.9. The lowest BCUT2D eigenvalue weighted by atomic mass is 10.0. The molecule has 5 heterocycles. The third kappa shape index (κ3) is 5.09. The molecule has 10 heteroatoms. The zero-order chi connectivity index (χ0) is 28.4. The number of nitrogens with one attached hydrogen (secondary N) is 1. The number of piperazine rings is 1. The van der Waals surface area contributed by atoms with E-state index in [2.05, 4.69) is 42.0 Å². The van der Waals surface area contributed by atoms with Crippen LogP contribution in [0.15, 0.2) is 34.8 Å². The second-order valence-corrected chi connectivity index (χ2v) is 14.0. The second-order valence-electron chi connectivity index (χ2n) is 13.2. The van der Waals surface area contributed by atoms with Gasteiger partial charge in [-0.25, -0.2) is 4.39 Å². The van der Waals surface area contributed by atoms with Crippen LogP contribution in [0, 0.1) is 5.41 Å². The van der Waals surface area contributed by atoms with E-state index < -0.39 is 6.17 Å². The van der Waals surface area contributed by atoms with Gasteiger partial charge in [-0.1, -0.05) is 28.1 Å². The number of aromatic nitrogens is 2. The standard InChI is InChI=1S/C32H38BrFN6O2/c33-26-3-1-2-20-12-24(41)13-28(29(20)26)39-11-7-25-27(17-39)36-31(37-30(25)40-15-22-4-5-23(16-40)35-22)42-19-32(8-9-32)18-38-10-6-21(34)14-38/h1-3,12-13,21-23,35,41H,4-11,14-19H2/t21-,22?,23?/m1/s1. The lowest BCUT2D eigenvalue weighted by Gasteiger charge is -2.37. The molecule has 0 radical (unpaired) electrons. The molecule has 2 unspecified atom stereocenters. The number of rotatable bonds is 7. The van der Waals surface area contributed by atoms with Crippen LogP contribution in [0.1, 0.15) is 43.4 Å². The third-order valence-corrected chi connectivity index (χ3v) is 10.7. The predicted octanol–water partition coefficient (Wildman–Crippen LogP) is 4.80. The molecule has 42 heavy (non-hydrogen) atoms. The van der Waals surface area contributed by atoms with Gasteiger partial charge in [0.25, 0.3) is 0 Å². The highest BCUT2D eigenvalue weighted by Crippen LogP contribution is 2.47. The van der Waals surface area contributed by atoms with Crippen molar-refractivity contribution in [1.29, 1.82) is 0 Å². The molecule has 2 N–H and O–H groups in total. The first-order valence-electron chi connectivity index (χ1n) is 15.5. The Morgan fingerprint density at radius 3 is 2.64 bits per heavy atom. The van der Waals surface area contributed by atoms with Crippen molar-refractivity contribution in [3.63, 3.8) is 0 Å². The van der Waals surface area contributed by atoms with Gasteiger partial charge >= 0.3 is 6.01 Å². The third-order valence-electron chi connectivity index (χ3n) is 10.0. The van der Waals surface area contributed by atoms with E-state index in [4.69, 9.17) is 14.7 Å². The molecule has 8 nitrogen and oxygen atoms in total. The van der Waals surface area contributed by atoms with E-state index in [-0.39, 0.29) is 11.2 Å². The van der Waals surface area contributed by atoms with E-state index in [0.29, 0.717) is 44.2 Å². The number of phenolic OH excluding ortho intramolecular Hbond substituents is 1. The summed E-state index contributed by atoms with van der Waals surface area (Å²) in [6.07, 6.45) is 5.40. The zero-order valence-electron chi connectivity index (χ0n) is 23.9. The van der Waals surface area contributed by atoms with E-state index in [1.165, 1.54) is 18.4 Å². The van der Waals surface area contributed by atoms with Crippen LogP contribution >= 0.6 is 15.9 Å². The summed E-state index contributed by atoms with van der Waals surface area (Å²) >= 11 is 3.75. The van der Waals surface area contributed by atoms with Crippen LogP contribution in [0.25, 0.3) is 10.8 Å². The van der Waals surface area contributed by atoms with Gasteiger partial charge in [0.2, 0.25) is 0 Å². The van der Waals surface area contributed by atoms with Gasteiger partial charge < -0.3 is 25.0 Å². The van der Waals surface area contributed by atoms with E-state index in [1.54, 1.807) is 0 Å². The van der Waals surface area contributed by atoms with Crippen LogP contribution in [0.4, 0.5) is 15.9 Å². The number of aromatic hydroxyl groups is 1. The topological polar surface area (TPSA) is 77.0 Å². The lowest BCUT2D eigenvalue weighted by Crippen LogP contribution is -2.52. The summed E-state index contributed by atoms with van der Waals surface area (Å²) in [5, 5.41) is 16.4. The Balaban J connectivity index is 1.10. The normalized spacial score (nSPS) is 26.6. The van der Waals surface area contributed by atoms with Crippen LogP contribution in [-0.2, 0) is 13.0 Å². The SMILES string of the molecule is Oc1cc(N2CCc3c(nc(OCC4(CN5CC[C@@H](F)C5)CC4)nc3N3CC4CCC(C3)N4)C2)c2c(Br)cccc2c1. The molecule has 0 spiro atoms. The first-order valence-corrected chi connectivity index (χ1v) is 16.3. The number of phenols is 1. The number of ether oxygens (including phenoxy) is 1. The van der Waals surface area contributed by atoms with Crippen molar-refractivity contribution in [3.8, 4) is 11.8 Å². The summed E-state index contributed by atoms with van der Waals surface area (Å²) in [5.74, 6) is 1.29. The number of nitrogens with zero attached hydrogens (tertiary/aromatic N) is 5.